The maximum Gasteiger partial charge on any atom is 0.266 e. The van der Waals surface area contributed by atoms with E-state index < -0.39 is 5.91 Å². The minimum Gasteiger partial charge on any atom is -0.508 e. The summed E-state index contributed by atoms with van der Waals surface area (Å²) < 4.78 is 11.2. The van der Waals surface area contributed by atoms with Crippen molar-refractivity contribution in [3.05, 3.63) is 87.9 Å². The lowest BCUT2D eigenvalue weighted by atomic mass is 10.1. The number of hydrogen-bond donors (Lipinski definition) is 2. The van der Waals surface area contributed by atoms with Crippen molar-refractivity contribution in [2.75, 3.05) is 12.4 Å². The highest BCUT2D eigenvalue weighted by Crippen LogP contribution is 2.37. The number of phenolic OH excluding ortho intramolecular Hbond substituents is 1. The van der Waals surface area contributed by atoms with E-state index in [2.05, 4.69) is 11.4 Å². The number of aromatic hydroxyl groups is 1. The van der Waals surface area contributed by atoms with Gasteiger partial charge in [0, 0.05) is 11.3 Å². The Labute approximate surface area is 195 Å². The highest BCUT2D eigenvalue weighted by molar-refractivity contribution is 6.32. The van der Waals surface area contributed by atoms with E-state index in [4.69, 9.17) is 21.1 Å². The molecule has 0 aliphatic rings. The highest BCUT2D eigenvalue weighted by Gasteiger charge is 2.15. The molecule has 3 rings (SSSR count). The van der Waals surface area contributed by atoms with Crippen molar-refractivity contribution < 1.29 is 19.4 Å². The molecule has 0 saturated carbocycles. The summed E-state index contributed by atoms with van der Waals surface area (Å²) in [7, 11) is 1.44. The number of rotatable bonds is 7. The van der Waals surface area contributed by atoms with Crippen molar-refractivity contribution in [1.29, 1.82) is 10.5 Å². The van der Waals surface area contributed by atoms with Gasteiger partial charge in [0.15, 0.2) is 11.5 Å². The molecule has 0 aliphatic carbocycles. The standard InChI is InChI=1S/C25H18ClN3O4/c1-32-23-12-16(10-19(14-28)25(31)29-20-6-8-21(30)9-7-20)11-22(26)24(23)33-15-18-5-3-2-4-17(18)13-27/h2-12,30H,15H2,1H3,(H,29,31)/b19-10+. The molecule has 2 N–H and O–H groups in total. The molecular formula is C25H18ClN3O4. The second-order valence-electron chi connectivity index (χ2n) is 6.76. The van der Waals surface area contributed by atoms with Gasteiger partial charge in [-0.1, -0.05) is 29.8 Å². The predicted molar refractivity (Wildman–Crippen MR) is 124 cm³/mol. The van der Waals surface area contributed by atoms with Crippen LogP contribution in [0.4, 0.5) is 5.69 Å². The van der Waals surface area contributed by atoms with Crippen LogP contribution in [0.25, 0.3) is 6.08 Å². The number of nitriles is 2. The van der Waals surface area contributed by atoms with Crippen molar-refractivity contribution in [1.82, 2.24) is 0 Å². The third-order valence-electron chi connectivity index (χ3n) is 4.56. The Kier molecular flexibility index (Phi) is 7.54. The van der Waals surface area contributed by atoms with E-state index in [1.807, 2.05) is 6.07 Å². The van der Waals surface area contributed by atoms with E-state index in [1.54, 1.807) is 36.4 Å². The van der Waals surface area contributed by atoms with Crippen LogP contribution in [-0.2, 0) is 11.4 Å². The molecule has 0 spiro atoms. The number of methoxy groups -OCH3 is 1. The molecule has 0 bridgehead atoms. The van der Waals surface area contributed by atoms with Crippen molar-refractivity contribution in [3.8, 4) is 29.4 Å². The lowest BCUT2D eigenvalue weighted by Crippen LogP contribution is -2.13. The fourth-order valence-corrected chi connectivity index (χ4v) is 3.20. The number of amides is 1. The van der Waals surface area contributed by atoms with Crippen LogP contribution in [0.15, 0.2) is 66.2 Å². The first-order valence-electron chi connectivity index (χ1n) is 9.65. The molecule has 0 saturated heterocycles. The Morgan fingerprint density at radius 1 is 1.15 bits per heavy atom. The van der Waals surface area contributed by atoms with Gasteiger partial charge in [0.25, 0.3) is 5.91 Å². The zero-order valence-corrected chi connectivity index (χ0v) is 18.3. The lowest BCUT2D eigenvalue weighted by Gasteiger charge is -2.14. The average Bonchev–Trinajstić information content (AvgIpc) is 2.83. The number of carbonyl (C=O) groups is 1. The van der Waals surface area contributed by atoms with Crippen molar-refractivity contribution in [2.45, 2.75) is 6.61 Å². The van der Waals surface area contributed by atoms with Crippen LogP contribution >= 0.6 is 11.6 Å². The van der Waals surface area contributed by atoms with Gasteiger partial charge in [-0.05, 0) is 54.1 Å². The zero-order valence-electron chi connectivity index (χ0n) is 17.5. The number of nitrogens with one attached hydrogen (secondary N) is 1. The first-order chi connectivity index (χ1) is 15.9. The van der Waals surface area contributed by atoms with Crippen LogP contribution in [0.2, 0.25) is 5.02 Å². The van der Waals surface area contributed by atoms with Crippen LogP contribution in [0.3, 0.4) is 0 Å². The molecule has 1 amide bonds. The van der Waals surface area contributed by atoms with E-state index in [1.165, 1.54) is 37.5 Å². The number of phenols is 1. The number of halogens is 1. The molecular weight excluding hydrogens is 442 g/mol. The smallest absolute Gasteiger partial charge is 0.266 e. The van der Waals surface area contributed by atoms with E-state index >= 15 is 0 Å². The molecule has 3 aromatic carbocycles. The van der Waals surface area contributed by atoms with Crippen LogP contribution in [0.5, 0.6) is 17.2 Å². The van der Waals surface area contributed by atoms with Crippen molar-refractivity contribution in [3.63, 3.8) is 0 Å². The SMILES string of the molecule is COc1cc(/C=C(\C#N)C(=O)Nc2ccc(O)cc2)cc(Cl)c1OCc1ccccc1C#N. The van der Waals surface area contributed by atoms with Crippen LogP contribution < -0.4 is 14.8 Å². The summed E-state index contributed by atoms with van der Waals surface area (Å²) in [5.74, 6) is 0.0199. The topological polar surface area (TPSA) is 115 Å². The second-order valence-corrected chi connectivity index (χ2v) is 7.17. The fourth-order valence-electron chi connectivity index (χ4n) is 2.93. The molecule has 8 heteroatoms. The summed E-state index contributed by atoms with van der Waals surface area (Å²) in [6.07, 6.45) is 1.37. The first kappa shape index (κ1) is 23.2. The largest absolute Gasteiger partial charge is 0.508 e. The minimum absolute atomic E-state index is 0.0594. The van der Waals surface area contributed by atoms with Crippen LogP contribution in [0.1, 0.15) is 16.7 Å². The fraction of sp³-hybridized carbons (Fsp3) is 0.0800. The normalized spacial score (nSPS) is 10.6. The molecule has 164 valence electrons. The van der Waals surface area contributed by atoms with Gasteiger partial charge < -0.3 is 19.9 Å². The number of ether oxygens (including phenoxy) is 2. The summed E-state index contributed by atoms with van der Waals surface area (Å²) in [4.78, 5) is 12.5. The van der Waals surface area contributed by atoms with Gasteiger partial charge in [0.1, 0.15) is 24.0 Å². The Balaban J connectivity index is 1.83. The molecule has 0 radical (unpaired) electrons. The first-order valence-corrected chi connectivity index (χ1v) is 10.0. The summed E-state index contributed by atoms with van der Waals surface area (Å²) in [5.41, 5.74) is 1.91. The van der Waals surface area contributed by atoms with E-state index in [-0.39, 0.29) is 28.7 Å². The quantitative estimate of drug-likeness (QED) is 0.290. The molecule has 0 fully saturated rings. The Hall–Kier alpha value is -4.46. The molecule has 33 heavy (non-hydrogen) atoms. The maximum atomic E-state index is 12.5. The molecule has 7 nitrogen and oxygen atoms in total. The number of hydrogen-bond acceptors (Lipinski definition) is 6. The van der Waals surface area contributed by atoms with Gasteiger partial charge in [-0.2, -0.15) is 10.5 Å². The van der Waals surface area contributed by atoms with E-state index in [0.717, 1.165) is 0 Å². The third kappa shape index (κ3) is 5.82. The number of nitrogens with zero attached hydrogens (tertiary/aromatic N) is 2. The Morgan fingerprint density at radius 2 is 1.88 bits per heavy atom. The Morgan fingerprint density at radius 3 is 2.55 bits per heavy atom. The average molecular weight is 460 g/mol. The van der Waals surface area contributed by atoms with Gasteiger partial charge >= 0.3 is 0 Å². The monoisotopic (exact) mass is 459 g/mol. The van der Waals surface area contributed by atoms with Crippen LogP contribution in [0, 0.1) is 22.7 Å². The van der Waals surface area contributed by atoms with Crippen molar-refractivity contribution in [2.24, 2.45) is 0 Å². The Bertz CT molecular complexity index is 1290. The van der Waals surface area contributed by atoms with Gasteiger partial charge in [0.05, 0.1) is 23.8 Å². The highest BCUT2D eigenvalue weighted by atomic mass is 35.5. The minimum atomic E-state index is -0.619. The summed E-state index contributed by atoms with van der Waals surface area (Å²) >= 11 is 6.40. The lowest BCUT2D eigenvalue weighted by molar-refractivity contribution is -0.112. The molecule has 0 atom stereocenters. The number of carbonyl (C=O) groups excluding carboxylic acids is 1. The molecule has 0 aliphatic heterocycles. The predicted octanol–water partition coefficient (Wildman–Crippen LogP) is 5.05. The van der Waals surface area contributed by atoms with Gasteiger partial charge in [0.2, 0.25) is 0 Å². The molecule has 0 unspecified atom stereocenters. The van der Waals surface area contributed by atoms with Crippen LogP contribution in [-0.4, -0.2) is 18.1 Å². The van der Waals surface area contributed by atoms with E-state index in [0.29, 0.717) is 28.1 Å². The summed E-state index contributed by atoms with van der Waals surface area (Å²) in [6, 6.07) is 20.0. The second kappa shape index (κ2) is 10.7. The summed E-state index contributed by atoms with van der Waals surface area (Å²) in [6.45, 7) is 0.105. The zero-order chi connectivity index (χ0) is 23.8. The van der Waals surface area contributed by atoms with Gasteiger partial charge in [-0.15, -0.1) is 0 Å². The number of benzene rings is 3. The maximum absolute atomic E-state index is 12.5. The summed E-state index contributed by atoms with van der Waals surface area (Å²) in [5, 5.41) is 30.8. The van der Waals surface area contributed by atoms with Gasteiger partial charge in [-0.3, -0.25) is 4.79 Å². The molecule has 0 aromatic heterocycles. The van der Waals surface area contributed by atoms with Gasteiger partial charge in [-0.25, -0.2) is 0 Å². The third-order valence-corrected chi connectivity index (χ3v) is 4.84. The van der Waals surface area contributed by atoms with Crippen molar-refractivity contribution >= 4 is 29.3 Å². The van der Waals surface area contributed by atoms with E-state index in [9.17, 15) is 20.4 Å². The number of anilines is 1. The molecule has 3 aromatic rings. The molecule has 0 heterocycles.